The Bertz CT molecular complexity index is 1050. The molecule has 1 aliphatic heterocycles. The van der Waals surface area contributed by atoms with Gasteiger partial charge in [0.1, 0.15) is 0 Å². The van der Waals surface area contributed by atoms with Crippen LogP contribution in [-0.2, 0) is 13.1 Å². The van der Waals surface area contributed by atoms with Gasteiger partial charge in [-0.05, 0) is 44.0 Å². The molecule has 1 saturated heterocycles. The summed E-state index contributed by atoms with van der Waals surface area (Å²) in [6.07, 6.45) is 11.8. The van der Waals surface area contributed by atoms with Gasteiger partial charge in [0.2, 0.25) is 0 Å². The third-order valence-electron chi connectivity index (χ3n) is 5.46. The first-order valence-electron chi connectivity index (χ1n) is 9.89. The molecular weight excluding hydrogens is 368 g/mol. The normalized spacial score (nSPS) is 15.4. The lowest BCUT2D eigenvalue weighted by Gasteiger charge is -2.32. The van der Waals surface area contributed by atoms with Gasteiger partial charge in [-0.1, -0.05) is 0 Å². The van der Waals surface area contributed by atoms with E-state index < -0.39 is 0 Å². The van der Waals surface area contributed by atoms with Crippen LogP contribution in [-0.4, -0.2) is 48.6 Å². The number of piperidine rings is 1. The van der Waals surface area contributed by atoms with Crippen molar-refractivity contribution in [1.82, 2.24) is 29.0 Å². The fourth-order valence-electron chi connectivity index (χ4n) is 3.71. The van der Waals surface area contributed by atoms with E-state index in [2.05, 4.69) is 19.9 Å². The maximum Gasteiger partial charge on any atom is 0.269 e. The maximum atomic E-state index is 12.5. The molecule has 0 radical (unpaired) electrons. The lowest BCUT2D eigenvalue weighted by molar-refractivity contribution is 0.167. The van der Waals surface area contributed by atoms with Gasteiger partial charge in [0.05, 0.1) is 18.2 Å². The molecule has 0 unspecified atom stereocenters. The van der Waals surface area contributed by atoms with Crippen LogP contribution < -0.4 is 11.1 Å². The Hall–Kier alpha value is -3.13. The molecule has 1 fully saturated rings. The highest BCUT2D eigenvalue weighted by molar-refractivity contribution is 5.56. The van der Waals surface area contributed by atoms with E-state index >= 15 is 0 Å². The minimum atomic E-state index is -0.0657. The van der Waals surface area contributed by atoms with Gasteiger partial charge in [-0.15, -0.1) is 0 Å². The standard InChI is InChI=1S/C21H24N6O2/c28-20-12-19(18-2-1-5-22-13-18)24-16-27(20)15-17-3-7-25(8-4-17)10-11-26-9-6-23-14-21(26)29/h1-2,5-6,9,12-14,16-17H,3-4,7-8,10-11,15H2. The lowest BCUT2D eigenvalue weighted by atomic mass is 9.96. The Balaban J connectivity index is 1.30. The van der Waals surface area contributed by atoms with Crippen LogP contribution in [0.25, 0.3) is 11.3 Å². The van der Waals surface area contributed by atoms with Gasteiger partial charge < -0.3 is 9.47 Å². The quantitative estimate of drug-likeness (QED) is 0.628. The molecule has 0 amide bonds. The highest BCUT2D eigenvalue weighted by Crippen LogP contribution is 2.19. The molecule has 0 atom stereocenters. The average molecular weight is 392 g/mol. The molecule has 0 N–H and O–H groups in total. The zero-order chi connectivity index (χ0) is 20.1. The minimum Gasteiger partial charge on any atom is -0.311 e. The minimum absolute atomic E-state index is 0.0293. The topological polar surface area (TPSA) is 85.9 Å². The van der Waals surface area contributed by atoms with Crippen LogP contribution in [0.2, 0.25) is 0 Å². The second-order valence-corrected chi connectivity index (χ2v) is 7.40. The van der Waals surface area contributed by atoms with Crippen molar-refractivity contribution in [3.05, 3.63) is 76.2 Å². The Morgan fingerprint density at radius 1 is 0.966 bits per heavy atom. The van der Waals surface area contributed by atoms with Crippen molar-refractivity contribution in [3.63, 3.8) is 0 Å². The first kappa shape index (κ1) is 19.2. The molecule has 29 heavy (non-hydrogen) atoms. The summed E-state index contributed by atoms with van der Waals surface area (Å²) in [5, 5.41) is 0. The Morgan fingerprint density at radius 3 is 2.52 bits per heavy atom. The monoisotopic (exact) mass is 392 g/mol. The van der Waals surface area contributed by atoms with Crippen LogP contribution >= 0.6 is 0 Å². The van der Waals surface area contributed by atoms with Crippen LogP contribution in [0.15, 0.2) is 65.1 Å². The molecule has 0 spiro atoms. The van der Waals surface area contributed by atoms with Gasteiger partial charge in [0, 0.05) is 56.1 Å². The fraction of sp³-hybridized carbons (Fsp3) is 0.381. The Labute approximate surface area is 168 Å². The van der Waals surface area contributed by atoms with E-state index in [1.54, 1.807) is 46.3 Å². The van der Waals surface area contributed by atoms with Crippen LogP contribution in [0.3, 0.4) is 0 Å². The van der Waals surface area contributed by atoms with Crippen molar-refractivity contribution in [2.75, 3.05) is 19.6 Å². The molecule has 4 heterocycles. The van der Waals surface area contributed by atoms with Crippen molar-refractivity contribution < 1.29 is 0 Å². The second-order valence-electron chi connectivity index (χ2n) is 7.40. The van der Waals surface area contributed by atoms with Gasteiger partial charge in [0.25, 0.3) is 11.1 Å². The summed E-state index contributed by atoms with van der Waals surface area (Å²) in [5.74, 6) is 0.457. The van der Waals surface area contributed by atoms with Crippen LogP contribution in [0.4, 0.5) is 0 Å². The molecule has 150 valence electrons. The zero-order valence-corrected chi connectivity index (χ0v) is 16.2. The lowest BCUT2D eigenvalue weighted by Crippen LogP contribution is -2.38. The zero-order valence-electron chi connectivity index (χ0n) is 16.2. The summed E-state index contributed by atoms with van der Waals surface area (Å²) in [6, 6.07) is 5.31. The van der Waals surface area contributed by atoms with Gasteiger partial charge in [-0.2, -0.15) is 0 Å². The molecule has 1 aliphatic rings. The van der Waals surface area contributed by atoms with Crippen molar-refractivity contribution in [2.45, 2.75) is 25.9 Å². The number of pyridine rings is 1. The number of likely N-dealkylation sites (tertiary alicyclic amines) is 1. The number of nitrogens with zero attached hydrogens (tertiary/aromatic N) is 6. The largest absolute Gasteiger partial charge is 0.311 e. The summed E-state index contributed by atoms with van der Waals surface area (Å²) in [6.45, 7) is 4.15. The van der Waals surface area contributed by atoms with Crippen LogP contribution in [0.1, 0.15) is 12.8 Å². The predicted octanol–water partition coefficient (Wildman–Crippen LogP) is 1.27. The first-order valence-corrected chi connectivity index (χ1v) is 9.89. The molecule has 0 bridgehead atoms. The third-order valence-corrected chi connectivity index (χ3v) is 5.46. The molecular formula is C21H24N6O2. The first-order chi connectivity index (χ1) is 14.2. The highest BCUT2D eigenvalue weighted by Gasteiger charge is 2.20. The molecule has 3 aromatic rings. The van der Waals surface area contributed by atoms with E-state index in [0.717, 1.165) is 38.0 Å². The van der Waals surface area contributed by atoms with E-state index in [1.807, 2.05) is 12.1 Å². The summed E-state index contributed by atoms with van der Waals surface area (Å²) in [4.78, 5) is 39.0. The molecule has 4 rings (SSSR count). The summed E-state index contributed by atoms with van der Waals surface area (Å²) < 4.78 is 3.39. The number of rotatable bonds is 6. The van der Waals surface area contributed by atoms with Gasteiger partial charge >= 0.3 is 0 Å². The van der Waals surface area contributed by atoms with E-state index in [9.17, 15) is 9.59 Å². The molecule has 0 aromatic carbocycles. The number of hydrogen-bond acceptors (Lipinski definition) is 6. The van der Waals surface area contributed by atoms with E-state index in [0.29, 0.717) is 24.7 Å². The van der Waals surface area contributed by atoms with Crippen molar-refractivity contribution >= 4 is 0 Å². The fourth-order valence-corrected chi connectivity index (χ4v) is 3.71. The van der Waals surface area contributed by atoms with E-state index in [1.165, 1.54) is 6.20 Å². The summed E-state index contributed by atoms with van der Waals surface area (Å²) >= 11 is 0. The van der Waals surface area contributed by atoms with Gasteiger partial charge in [-0.3, -0.25) is 24.1 Å². The maximum absolute atomic E-state index is 12.5. The molecule has 0 aliphatic carbocycles. The third kappa shape index (κ3) is 4.83. The average Bonchev–Trinajstić information content (AvgIpc) is 2.76. The second kappa shape index (κ2) is 8.91. The van der Waals surface area contributed by atoms with Crippen LogP contribution in [0.5, 0.6) is 0 Å². The number of aromatic nitrogens is 5. The highest BCUT2D eigenvalue weighted by atomic mass is 16.1. The smallest absolute Gasteiger partial charge is 0.269 e. The van der Waals surface area contributed by atoms with Gasteiger partial charge in [0.15, 0.2) is 0 Å². The SMILES string of the molecule is O=c1cnccn1CCN1CCC(Cn2cnc(-c3cccnc3)cc2=O)CC1. The number of hydrogen-bond donors (Lipinski definition) is 0. The van der Waals surface area contributed by atoms with E-state index in [-0.39, 0.29) is 11.1 Å². The van der Waals surface area contributed by atoms with E-state index in [4.69, 9.17) is 0 Å². The Kier molecular flexibility index (Phi) is 5.90. The molecule has 3 aromatic heterocycles. The van der Waals surface area contributed by atoms with Crippen molar-refractivity contribution in [1.29, 1.82) is 0 Å². The summed E-state index contributed by atoms with van der Waals surface area (Å²) in [7, 11) is 0. The molecule has 8 heteroatoms. The van der Waals surface area contributed by atoms with Crippen molar-refractivity contribution in [2.24, 2.45) is 5.92 Å². The van der Waals surface area contributed by atoms with Crippen LogP contribution in [0, 0.1) is 5.92 Å². The van der Waals surface area contributed by atoms with Gasteiger partial charge in [-0.25, -0.2) is 4.98 Å². The molecule has 8 nitrogen and oxygen atoms in total. The molecule has 0 saturated carbocycles. The van der Waals surface area contributed by atoms with Crippen molar-refractivity contribution in [3.8, 4) is 11.3 Å². The Morgan fingerprint density at radius 2 is 1.79 bits per heavy atom. The summed E-state index contributed by atoms with van der Waals surface area (Å²) in [5.41, 5.74) is 1.40. The predicted molar refractivity (Wildman–Crippen MR) is 109 cm³/mol.